The van der Waals surface area contributed by atoms with Crippen LogP contribution in [0.4, 0.5) is 0 Å². The summed E-state index contributed by atoms with van der Waals surface area (Å²) in [7, 11) is 1.64. The van der Waals surface area contributed by atoms with Crippen LogP contribution in [-0.2, 0) is 11.2 Å². The van der Waals surface area contributed by atoms with Gasteiger partial charge in [0.05, 0.1) is 11.9 Å². The summed E-state index contributed by atoms with van der Waals surface area (Å²) in [6.45, 7) is 6.60. The van der Waals surface area contributed by atoms with Crippen molar-refractivity contribution in [1.29, 1.82) is 0 Å². The van der Waals surface area contributed by atoms with E-state index in [1.54, 1.807) is 7.11 Å². The summed E-state index contributed by atoms with van der Waals surface area (Å²) in [5.41, 5.74) is 17.6. The summed E-state index contributed by atoms with van der Waals surface area (Å²) in [6, 6.07) is 4.08. The van der Waals surface area contributed by atoms with Gasteiger partial charge in [-0.25, -0.2) is 4.98 Å². The fourth-order valence-electron chi connectivity index (χ4n) is 4.23. The molecule has 0 spiro atoms. The number of aromatic nitrogens is 2. The van der Waals surface area contributed by atoms with Gasteiger partial charge in [0.1, 0.15) is 12.4 Å². The minimum Gasteiger partial charge on any atom is -0.474 e. The van der Waals surface area contributed by atoms with Crippen molar-refractivity contribution >= 4 is 0 Å². The average molecular weight is 429 g/mol. The molecule has 0 aliphatic heterocycles. The van der Waals surface area contributed by atoms with Gasteiger partial charge in [0.2, 0.25) is 5.88 Å². The van der Waals surface area contributed by atoms with E-state index in [1.165, 1.54) is 24.8 Å². The summed E-state index contributed by atoms with van der Waals surface area (Å²) in [6.07, 6.45) is 6.30. The van der Waals surface area contributed by atoms with E-state index in [-0.39, 0.29) is 13.4 Å². The molecular formula is C24H36N4O3. The number of aryl methyl sites for hydroxylation is 1. The molecule has 1 aliphatic carbocycles. The maximum Gasteiger partial charge on any atom is 0.216 e. The van der Waals surface area contributed by atoms with Gasteiger partial charge in [0.15, 0.2) is 6.79 Å². The van der Waals surface area contributed by atoms with Crippen LogP contribution in [-0.4, -0.2) is 36.6 Å². The summed E-state index contributed by atoms with van der Waals surface area (Å²) in [5.74, 6) is 1.87. The van der Waals surface area contributed by atoms with Crippen molar-refractivity contribution < 1.29 is 14.2 Å². The molecule has 1 aliphatic rings. The first-order chi connectivity index (χ1) is 14.9. The van der Waals surface area contributed by atoms with Crippen LogP contribution in [0.1, 0.15) is 71.8 Å². The molecule has 2 heterocycles. The Kier molecular flexibility index (Phi) is 8.23. The van der Waals surface area contributed by atoms with Gasteiger partial charge in [-0.3, -0.25) is 4.98 Å². The van der Waals surface area contributed by atoms with Crippen molar-refractivity contribution in [3.8, 4) is 11.6 Å². The van der Waals surface area contributed by atoms with Gasteiger partial charge in [-0.2, -0.15) is 0 Å². The van der Waals surface area contributed by atoms with Gasteiger partial charge in [0, 0.05) is 36.4 Å². The molecule has 31 heavy (non-hydrogen) atoms. The molecule has 0 atom stereocenters. The number of hydrogen-bond donors (Lipinski definition) is 2. The van der Waals surface area contributed by atoms with Crippen molar-refractivity contribution in [2.45, 2.75) is 71.4 Å². The van der Waals surface area contributed by atoms with Gasteiger partial charge in [-0.05, 0) is 56.9 Å². The third-order valence-corrected chi connectivity index (χ3v) is 6.08. The molecule has 2 aromatic rings. The predicted octanol–water partition coefficient (Wildman–Crippen LogP) is 3.65. The molecule has 3 rings (SSSR count). The van der Waals surface area contributed by atoms with E-state index in [4.69, 9.17) is 30.7 Å². The topological polar surface area (TPSA) is 106 Å². The Labute approximate surface area is 185 Å². The third-order valence-electron chi connectivity index (χ3n) is 6.08. The number of rotatable bonds is 9. The standard InChI is InChI=1S/C24H36N4O3/c1-15-16(2)24(30-13-22(25)26)27-17(3)20(15)12-19-10-11-21(31-14-29-4)23(28-19)18-8-6-5-7-9-18/h10-11,18,22H,5-9,12-14,25-26H2,1-4H3. The van der Waals surface area contributed by atoms with E-state index in [9.17, 15) is 0 Å². The normalized spacial score (nSPS) is 14.8. The lowest BCUT2D eigenvalue weighted by molar-refractivity contribution is 0.0496. The molecule has 0 aromatic carbocycles. The highest BCUT2D eigenvalue weighted by molar-refractivity contribution is 5.44. The Hall–Kier alpha value is -2.22. The highest BCUT2D eigenvalue weighted by Crippen LogP contribution is 2.37. The number of hydrogen-bond acceptors (Lipinski definition) is 7. The first-order valence-corrected chi connectivity index (χ1v) is 11.1. The highest BCUT2D eigenvalue weighted by atomic mass is 16.7. The van der Waals surface area contributed by atoms with Crippen molar-refractivity contribution in [2.75, 3.05) is 20.5 Å². The van der Waals surface area contributed by atoms with Crippen LogP contribution in [0.2, 0.25) is 0 Å². The number of nitrogens with zero attached hydrogens (tertiary/aromatic N) is 2. The maximum absolute atomic E-state index is 5.84. The summed E-state index contributed by atoms with van der Waals surface area (Å²) in [4.78, 5) is 9.74. The summed E-state index contributed by atoms with van der Waals surface area (Å²) < 4.78 is 16.7. The van der Waals surface area contributed by atoms with E-state index >= 15 is 0 Å². The Morgan fingerprint density at radius 2 is 1.74 bits per heavy atom. The van der Waals surface area contributed by atoms with E-state index in [2.05, 4.69) is 11.9 Å². The molecule has 1 saturated carbocycles. The zero-order valence-electron chi connectivity index (χ0n) is 19.2. The first-order valence-electron chi connectivity index (χ1n) is 11.1. The van der Waals surface area contributed by atoms with Crippen molar-refractivity contribution in [1.82, 2.24) is 9.97 Å². The molecule has 0 unspecified atom stereocenters. The fourth-order valence-corrected chi connectivity index (χ4v) is 4.23. The molecule has 0 amide bonds. The van der Waals surface area contributed by atoms with E-state index < -0.39 is 6.17 Å². The first kappa shape index (κ1) is 23.4. The fraction of sp³-hybridized carbons (Fsp3) is 0.583. The molecule has 1 fully saturated rings. The van der Waals surface area contributed by atoms with Gasteiger partial charge >= 0.3 is 0 Å². The average Bonchev–Trinajstić information content (AvgIpc) is 2.77. The predicted molar refractivity (Wildman–Crippen MR) is 121 cm³/mol. The molecule has 2 aromatic heterocycles. The molecule has 7 nitrogen and oxygen atoms in total. The lowest BCUT2D eigenvalue weighted by atomic mass is 9.86. The maximum atomic E-state index is 5.84. The summed E-state index contributed by atoms with van der Waals surface area (Å²) >= 11 is 0. The molecule has 0 saturated heterocycles. The van der Waals surface area contributed by atoms with Crippen molar-refractivity contribution in [2.24, 2.45) is 11.5 Å². The second-order valence-electron chi connectivity index (χ2n) is 8.45. The zero-order valence-corrected chi connectivity index (χ0v) is 19.2. The van der Waals surface area contributed by atoms with Crippen LogP contribution < -0.4 is 20.9 Å². The van der Waals surface area contributed by atoms with Crippen molar-refractivity contribution in [3.63, 3.8) is 0 Å². The Morgan fingerprint density at radius 1 is 1.00 bits per heavy atom. The SMILES string of the molecule is COCOc1ccc(Cc2c(C)nc(OCC(N)N)c(C)c2C)nc1C1CCCCC1. The molecular weight excluding hydrogens is 392 g/mol. The highest BCUT2D eigenvalue weighted by Gasteiger charge is 2.22. The van der Waals surface area contributed by atoms with Crippen LogP contribution in [0, 0.1) is 20.8 Å². The molecule has 0 radical (unpaired) electrons. The lowest BCUT2D eigenvalue weighted by Gasteiger charge is -2.24. The number of ether oxygens (including phenoxy) is 3. The Morgan fingerprint density at radius 3 is 2.42 bits per heavy atom. The van der Waals surface area contributed by atoms with Gasteiger partial charge in [0.25, 0.3) is 0 Å². The van der Waals surface area contributed by atoms with Crippen LogP contribution in [0.5, 0.6) is 11.6 Å². The molecule has 0 bridgehead atoms. The molecule has 170 valence electrons. The van der Waals surface area contributed by atoms with Gasteiger partial charge in [-0.1, -0.05) is 19.3 Å². The van der Waals surface area contributed by atoms with E-state index in [0.717, 1.165) is 46.8 Å². The van der Waals surface area contributed by atoms with Crippen molar-refractivity contribution in [3.05, 3.63) is 45.9 Å². The van der Waals surface area contributed by atoms with E-state index in [1.807, 2.05) is 26.0 Å². The van der Waals surface area contributed by atoms with Crippen LogP contribution in [0.3, 0.4) is 0 Å². The molecule has 4 N–H and O–H groups in total. The largest absolute Gasteiger partial charge is 0.474 e. The number of pyridine rings is 2. The molecule has 7 heteroatoms. The van der Waals surface area contributed by atoms with Gasteiger partial charge in [-0.15, -0.1) is 0 Å². The quantitative estimate of drug-likeness (QED) is 0.587. The smallest absolute Gasteiger partial charge is 0.216 e. The number of methoxy groups -OCH3 is 1. The monoisotopic (exact) mass is 428 g/mol. The number of nitrogens with two attached hydrogens (primary N) is 2. The van der Waals surface area contributed by atoms with Crippen LogP contribution in [0.25, 0.3) is 0 Å². The minimum absolute atomic E-state index is 0.232. The van der Waals surface area contributed by atoms with E-state index in [0.29, 0.717) is 18.2 Å². The Balaban J connectivity index is 1.88. The second-order valence-corrected chi connectivity index (χ2v) is 8.45. The Bertz CT molecular complexity index is 880. The van der Waals surface area contributed by atoms with Crippen LogP contribution >= 0.6 is 0 Å². The lowest BCUT2D eigenvalue weighted by Crippen LogP contribution is -2.36. The zero-order chi connectivity index (χ0) is 22.4. The van der Waals surface area contributed by atoms with Gasteiger partial charge < -0.3 is 25.7 Å². The minimum atomic E-state index is -0.525. The third kappa shape index (κ3) is 5.93. The van der Waals surface area contributed by atoms with Crippen LogP contribution in [0.15, 0.2) is 12.1 Å². The second kappa shape index (κ2) is 10.9. The summed E-state index contributed by atoms with van der Waals surface area (Å²) in [5, 5.41) is 0.